The standard InChI is InChI=1S/C7H6BrNO/c8-6-2-1-5-4-10-9-7(5)3-6/h1-3,9H,4H2. The molecular formula is C7H6BrNO. The van der Waals surface area contributed by atoms with Gasteiger partial charge in [-0.1, -0.05) is 22.0 Å². The van der Waals surface area contributed by atoms with Gasteiger partial charge in [-0.05, 0) is 12.1 Å². The normalized spacial score (nSPS) is 14.5. The van der Waals surface area contributed by atoms with Crippen LogP contribution in [0.25, 0.3) is 0 Å². The maximum absolute atomic E-state index is 5.00. The molecule has 0 bridgehead atoms. The molecule has 1 N–H and O–H groups in total. The molecule has 0 amide bonds. The van der Waals surface area contributed by atoms with Gasteiger partial charge in [0.25, 0.3) is 0 Å². The van der Waals surface area contributed by atoms with Crippen LogP contribution in [0.4, 0.5) is 5.69 Å². The number of fused-ring (bicyclic) bond motifs is 1. The highest BCUT2D eigenvalue weighted by Gasteiger charge is 2.09. The molecule has 3 heteroatoms. The van der Waals surface area contributed by atoms with E-state index in [1.807, 2.05) is 18.2 Å². The average molecular weight is 200 g/mol. The van der Waals surface area contributed by atoms with Crippen LogP contribution in [-0.4, -0.2) is 0 Å². The molecule has 0 aliphatic carbocycles. The Morgan fingerprint density at radius 3 is 3.30 bits per heavy atom. The van der Waals surface area contributed by atoms with Crippen molar-refractivity contribution in [2.75, 3.05) is 5.48 Å². The van der Waals surface area contributed by atoms with Crippen molar-refractivity contribution in [3.8, 4) is 0 Å². The van der Waals surface area contributed by atoms with E-state index >= 15 is 0 Å². The molecule has 1 aromatic rings. The van der Waals surface area contributed by atoms with Gasteiger partial charge in [0.05, 0.1) is 5.69 Å². The Bertz CT molecular complexity index is 262. The summed E-state index contributed by atoms with van der Waals surface area (Å²) in [5, 5.41) is 0. The Morgan fingerprint density at radius 2 is 2.40 bits per heavy atom. The summed E-state index contributed by atoms with van der Waals surface area (Å²) in [6, 6.07) is 6.05. The Morgan fingerprint density at radius 1 is 1.50 bits per heavy atom. The van der Waals surface area contributed by atoms with Crippen LogP contribution >= 0.6 is 15.9 Å². The molecule has 0 spiro atoms. The Labute approximate surface area is 67.3 Å². The van der Waals surface area contributed by atoms with E-state index in [1.54, 1.807) is 0 Å². The highest BCUT2D eigenvalue weighted by molar-refractivity contribution is 9.10. The van der Waals surface area contributed by atoms with Crippen molar-refractivity contribution < 1.29 is 4.84 Å². The number of hydrogen-bond donors (Lipinski definition) is 1. The summed E-state index contributed by atoms with van der Waals surface area (Å²) in [4.78, 5) is 5.00. The maximum Gasteiger partial charge on any atom is 0.102 e. The molecule has 0 radical (unpaired) electrons. The molecule has 0 aromatic heterocycles. The van der Waals surface area contributed by atoms with Gasteiger partial charge in [-0.25, -0.2) is 0 Å². The minimum atomic E-state index is 0.669. The second kappa shape index (κ2) is 2.25. The predicted octanol–water partition coefficient (Wildman–Crippen LogP) is 2.31. The summed E-state index contributed by atoms with van der Waals surface area (Å²) >= 11 is 3.37. The zero-order valence-corrected chi connectivity index (χ0v) is 6.81. The van der Waals surface area contributed by atoms with E-state index in [4.69, 9.17) is 4.84 Å². The first kappa shape index (κ1) is 6.19. The van der Waals surface area contributed by atoms with Gasteiger partial charge >= 0.3 is 0 Å². The number of anilines is 1. The number of halogens is 1. The van der Waals surface area contributed by atoms with Gasteiger partial charge in [0.15, 0.2) is 0 Å². The first-order valence-electron chi connectivity index (χ1n) is 3.02. The largest absolute Gasteiger partial charge is 0.271 e. The third-order valence-corrected chi connectivity index (χ3v) is 1.97. The van der Waals surface area contributed by atoms with E-state index in [2.05, 4.69) is 21.4 Å². The van der Waals surface area contributed by atoms with Crippen molar-refractivity contribution in [1.29, 1.82) is 0 Å². The number of nitrogens with one attached hydrogen (secondary N) is 1. The fourth-order valence-corrected chi connectivity index (χ4v) is 1.32. The van der Waals surface area contributed by atoms with E-state index in [1.165, 1.54) is 5.56 Å². The van der Waals surface area contributed by atoms with E-state index in [-0.39, 0.29) is 0 Å². The van der Waals surface area contributed by atoms with Crippen molar-refractivity contribution >= 4 is 21.6 Å². The maximum atomic E-state index is 5.00. The van der Waals surface area contributed by atoms with Crippen molar-refractivity contribution in [3.63, 3.8) is 0 Å². The van der Waals surface area contributed by atoms with Crippen molar-refractivity contribution in [1.82, 2.24) is 0 Å². The van der Waals surface area contributed by atoms with Gasteiger partial charge < -0.3 is 0 Å². The van der Waals surface area contributed by atoms with Crippen LogP contribution in [0.1, 0.15) is 5.56 Å². The smallest absolute Gasteiger partial charge is 0.102 e. The van der Waals surface area contributed by atoms with Gasteiger partial charge in [-0.15, -0.1) is 0 Å². The number of rotatable bonds is 0. The van der Waals surface area contributed by atoms with Gasteiger partial charge in [0, 0.05) is 10.0 Å². The van der Waals surface area contributed by atoms with Crippen LogP contribution in [-0.2, 0) is 11.4 Å². The van der Waals surface area contributed by atoms with Crippen LogP contribution in [0.15, 0.2) is 22.7 Å². The molecule has 1 heterocycles. The minimum Gasteiger partial charge on any atom is -0.271 e. The molecule has 0 saturated heterocycles. The summed E-state index contributed by atoms with van der Waals surface area (Å²) in [6.07, 6.45) is 0. The van der Waals surface area contributed by atoms with E-state index in [0.29, 0.717) is 6.61 Å². The Hall–Kier alpha value is -0.540. The molecule has 0 atom stereocenters. The minimum absolute atomic E-state index is 0.669. The zero-order valence-electron chi connectivity index (χ0n) is 5.23. The first-order chi connectivity index (χ1) is 4.86. The summed E-state index contributed by atoms with van der Waals surface area (Å²) in [5.41, 5.74) is 5.09. The molecule has 52 valence electrons. The van der Waals surface area contributed by atoms with E-state index in [0.717, 1.165) is 10.2 Å². The second-order valence-corrected chi connectivity index (χ2v) is 3.11. The first-order valence-corrected chi connectivity index (χ1v) is 3.82. The van der Waals surface area contributed by atoms with Crippen LogP contribution < -0.4 is 5.48 Å². The van der Waals surface area contributed by atoms with E-state index < -0.39 is 0 Å². The van der Waals surface area contributed by atoms with Crippen LogP contribution in [0, 0.1) is 0 Å². The monoisotopic (exact) mass is 199 g/mol. The Kier molecular flexibility index (Phi) is 1.39. The average Bonchev–Trinajstić information content (AvgIpc) is 2.33. The lowest BCUT2D eigenvalue weighted by Crippen LogP contribution is -1.86. The van der Waals surface area contributed by atoms with Gasteiger partial charge in [-0.2, -0.15) is 0 Å². The molecule has 0 fully saturated rings. The lowest BCUT2D eigenvalue weighted by molar-refractivity contribution is 0.202. The summed E-state index contributed by atoms with van der Waals surface area (Å²) < 4.78 is 1.07. The van der Waals surface area contributed by atoms with Gasteiger partial charge in [0.1, 0.15) is 6.61 Å². The molecular weight excluding hydrogens is 194 g/mol. The van der Waals surface area contributed by atoms with Gasteiger partial charge in [0.2, 0.25) is 0 Å². The van der Waals surface area contributed by atoms with Crippen molar-refractivity contribution in [2.45, 2.75) is 6.61 Å². The van der Waals surface area contributed by atoms with Gasteiger partial charge in [-0.3, -0.25) is 10.3 Å². The number of hydrogen-bond acceptors (Lipinski definition) is 2. The molecule has 10 heavy (non-hydrogen) atoms. The molecule has 0 saturated carbocycles. The van der Waals surface area contributed by atoms with E-state index in [9.17, 15) is 0 Å². The fourth-order valence-electron chi connectivity index (χ4n) is 0.961. The topological polar surface area (TPSA) is 21.3 Å². The third kappa shape index (κ3) is 0.914. The fraction of sp³-hybridized carbons (Fsp3) is 0.143. The lowest BCUT2D eigenvalue weighted by atomic mass is 10.2. The highest BCUT2D eigenvalue weighted by Crippen LogP contribution is 2.25. The second-order valence-electron chi connectivity index (χ2n) is 2.19. The summed E-state index contributed by atoms with van der Waals surface area (Å²) in [7, 11) is 0. The molecule has 2 rings (SSSR count). The van der Waals surface area contributed by atoms with Crippen molar-refractivity contribution in [3.05, 3.63) is 28.2 Å². The molecule has 1 aliphatic rings. The quantitative estimate of drug-likeness (QED) is 0.693. The molecule has 0 unspecified atom stereocenters. The lowest BCUT2D eigenvalue weighted by Gasteiger charge is -1.95. The Balaban J connectivity index is 2.52. The predicted molar refractivity (Wildman–Crippen MR) is 42.6 cm³/mol. The van der Waals surface area contributed by atoms with Crippen LogP contribution in [0.2, 0.25) is 0 Å². The summed E-state index contributed by atoms with van der Waals surface area (Å²) in [5.74, 6) is 0. The molecule has 1 aliphatic heterocycles. The molecule has 1 aromatic carbocycles. The summed E-state index contributed by atoms with van der Waals surface area (Å²) in [6.45, 7) is 0.669. The number of benzene rings is 1. The van der Waals surface area contributed by atoms with Crippen molar-refractivity contribution in [2.24, 2.45) is 0 Å². The third-order valence-electron chi connectivity index (χ3n) is 1.48. The SMILES string of the molecule is Brc1ccc2c(c1)NOC2. The van der Waals surface area contributed by atoms with Crippen LogP contribution in [0.5, 0.6) is 0 Å². The zero-order chi connectivity index (χ0) is 6.97. The van der Waals surface area contributed by atoms with Crippen LogP contribution in [0.3, 0.4) is 0 Å². The molecule has 2 nitrogen and oxygen atoms in total. The highest BCUT2D eigenvalue weighted by atomic mass is 79.9.